The van der Waals surface area contributed by atoms with Gasteiger partial charge in [0.1, 0.15) is 183 Å². The molecule has 41 nitrogen and oxygen atoms in total. The van der Waals surface area contributed by atoms with Crippen molar-refractivity contribution < 1.29 is 193 Å². The Balaban J connectivity index is 1.17. The molecule has 8 saturated heterocycles. The molecule has 8 aliphatic rings. The zero-order valence-electron chi connectivity index (χ0n) is 50.1. The van der Waals surface area contributed by atoms with E-state index in [0.29, 0.717) is 0 Å². The standard InChI is InChI=1S/C52H88N2O39/c1-11-23(62)28(67)34(73)48(80-11)89-41-19(9-59)86-47(22(54-14(4)61)43(41)92-51-37(76)31(70)26(65)16(6-56)84-51)93-44-27(66)20(87-52(38(44)77)88-39-17(7-57)82-45(78)33(72)32(39)71)10-79-46-21(53-13(3)60)42(91-49-35(74)29(68)24(63)12(2)81-49)40(18(8-58)85-46)90-50-36(75)30(69)25(64)15(5-55)83-50/h11-12,15-52,55-59,62-78H,5-10H2,1-4H3,(H,53,60)(H,54,61)/t11-,12-,15+,16+,17+,18+,19+,20+,21+,22+,23+,24+,25-,26-,27-,28+,29+,30-,31-,32+,33+,34-,35-,36+,37+,38+,39+,40+,41+,42+,43+,44-,45+,46+,47-,48-,49-,50-,51-,52-/m0/s1. The highest BCUT2D eigenvalue weighted by Crippen LogP contribution is 2.39. The van der Waals surface area contributed by atoms with Crippen molar-refractivity contribution in [1.82, 2.24) is 10.6 Å². The number of carbonyl (C=O) groups excluding carboxylic acids is 2. The van der Waals surface area contributed by atoms with Gasteiger partial charge in [0.2, 0.25) is 11.8 Å². The third-order valence-electron chi connectivity index (χ3n) is 17.4. The van der Waals surface area contributed by atoms with Crippen LogP contribution in [0.4, 0.5) is 0 Å². The predicted molar refractivity (Wildman–Crippen MR) is 285 cm³/mol. The number of aliphatic hydroxyl groups excluding tert-OH is 22. The molecule has 0 aromatic rings. The van der Waals surface area contributed by atoms with E-state index in [9.17, 15) is 122 Å². The van der Waals surface area contributed by atoms with Gasteiger partial charge in [-0.3, -0.25) is 9.59 Å². The van der Waals surface area contributed by atoms with Crippen LogP contribution in [-0.4, -0.2) is 409 Å². The first-order valence-corrected chi connectivity index (χ1v) is 29.9. The molecule has 8 aliphatic heterocycles. The zero-order valence-corrected chi connectivity index (χ0v) is 50.1. The molecule has 0 radical (unpaired) electrons. The smallest absolute Gasteiger partial charge is 0.217 e. The van der Waals surface area contributed by atoms with Crippen molar-refractivity contribution in [2.24, 2.45) is 0 Å². The number of ether oxygens (including phenoxy) is 15. The quantitative estimate of drug-likeness (QED) is 0.0479. The highest BCUT2D eigenvalue weighted by Gasteiger charge is 2.60. The van der Waals surface area contributed by atoms with Gasteiger partial charge in [0, 0.05) is 13.8 Å². The lowest BCUT2D eigenvalue weighted by atomic mass is 9.93. The SMILES string of the molecule is CC(=O)N[C@H]1[C@H](O[C@H]2[C@@H](O)[C@@H](CO[C@@H]3O[C@H](CO)[C@@H](O[C@@H]4O[C@H](CO)[C@H](O)[C@H](O)[C@H]4O)[C@H](O[C@@H]4O[C@@H](C)[C@@H](O)[C@@H](O)[C@@H]4O)[C@H]3NC(C)=O)O[C@@H](O[C@H]3[C@H](O)[C@@H](O)[C@H](O)O[C@@H]3CO)[C@@H]2O)O[C@H](CO)[C@@H](O[C@@H]2O[C@@H](C)[C@@H](O)[C@@H](O)[C@@H]2O)[C@@H]1O[C@@H]1O[C@H](CO)[C@H](O)[C@H](O)[C@H]1O. The topological polar surface area (TPSA) is 642 Å². The Morgan fingerprint density at radius 3 is 1.04 bits per heavy atom. The predicted octanol–water partition coefficient (Wildman–Crippen LogP) is -16.1. The monoisotopic (exact) mass is 1360 g/mol. The average molecular weight is 1370 g/mol. The van der Waals surface area contributed by atoms with E-state index in [1.807, 2.05) is 0 Å². The van der Waals surface area contributed by atoms with Gasteiger partial charge in [-0.15, -0.1) is 0 Å². The van der Waals surface area contributed by atoms with Crippen LogP contribution in [0.2, 0.25) is 0 Å². The maximum absolute atomic E-state index is 13.3. The van der Waals surface area contributed by atoms with Gasteiger partial charge in [0.05, 0.1) is 51.8 Å². The molecule has 8 heterocycles. The first kappa shape index (κ1) is 76.2. The average Bonchev–Trinajstić information content (AvgIpc) is 0.773. The second kappa shape index (κ2) is 32.6. The van der Waals surface area contributed by atoms with E-state index in [1.165, 1.54) is 13.8 Å². The van der Waals surface area contributed by atoms with Crippen molar-refractivity contribution in [2.75, 3.05) is 39.6 Å². The second-order valence-electron chi connectivity index (χ2n) is 23.9. The lowest BCUT2D eigenvalue weighted by Crippen LogP contribution is -2.71. The van der Waals surface area contributed by atoms with E-state index in [0.717, 1.165) is 13.8 Å². The number of nitrogens with one attached hydrogen (secondary N) is 2. The highest BCUT2D eigenvalue weighted by atomic mass is 16.8. The first-order chi connectivity index (χ1) is 43.9. The molecule has 40 atom stereocenters. The number of rotatable bonds is 22. The van der Waals surface area contributed by atoms with Crippen molar-refractivity contribution in [2.45, 2.75) is 273 Å². The number of amides is 2. The van der Waals surface area contributed by atoms with Crippen LogP contribution in [0, 0.1) is 0 Å². The van der Waals surface area contributed by atoms with Gasteiger partial charge < -0.3 is 194 Å². The molecule has 93 heavy (non-hydrogen) atoms. The third-order valence-corrected chi connectivity index (χ3v) is 17.4. The minimum Gasteiger partial charge on any atom is -0.394 e. The van der Waals surface area contributed by atoms with Crippen LogP contribution in [0.3, 0.4) is 0 Å². The Bertz CT molecular complexity index is 2350. The first-order valence-electron chi connectivity index (χ1n) is 29.9. The summed E-state index contributed by atoms with van der Waals surface area (Å²) in [4.78, 5) is 26.5. The van der Waals surface area contributed by atoms with E-state index in [2.05, 4.69) is 10.6 Å². The summed E-state index contributed by atoms with van der Waals surface area (Å²) in [5.74, 6) is -1.88. The van der Waals surface area contributed by atoms with Crippen LogP contribution in [-0.2, 0) is 80.6 Å². The van der Waals surface area contributed by atoms with E-state index in [4.69, 9.17) is 71.1 Å². The summed E-state index contributed by atoms with van der Waals surface area (Å²) in [6.45, 7) is -1.88. The van der Waals surface area contributed by atoms with Crippen molar-refractivity contribution in [3.05, 3.63) is 0 Å². The molecule has 2 amide bonds. The largest absolute Gasteiger partial charge is 0.394 e. The number of hydrogen-bond acceptors (Lipinski definition) is 39. The molecule has 24 N–H and O–H groups in total. The lowest BCUT2D eigenvalue weighted by Gasteiger charge is -2.52. The summed E-state index contributed by atoms with van der Waals surface area (Å²) in [5.41, 5.74) is 0. The third kappa shape index (κ3) is 16.4. The Hall–Kier alpha value is -2.54. The number of carbonyl (C=O) groups is 2. The van der Waals surface area contributed by atoms with Crippen molar-refractivity contribution >= 4 is 11.8 Å². The molecule has 540 valence electrons. The highest BCUT2D eigenvalue weighted by molar-refractivity contribution is 5.73. The Labute approximate surface area is 527 Å². The summed E-state index contributed by atoms with van der Waals surface area (Å²) in [6.07, 6.45) is -75.1. The Morgan fingerprint density at radius 1 is 0.301 bits per heavy atom. The van der Waals surface area contributed by atoms with Gasteiger partial charge >= 0.3 is 0 Å². The van der Waals surface area contributed by atoms with Gasteiger partial charge in [-0.05, 0) is 13.8 Å². The molecule has 0 aliphatic carbocycles. The van der Waals surface area contributed by atoms with Gasteiger partial charge in [-0.1, -0.05) is 0 Å². The normalized spacial score (nSPS) is 51.6. The summed E-state index contributed by atoms with van der Waals surface area (Å²) >= 11 is 0. The fourth-order valence-corrected chi connectivity index (χ4v) is 12.1. The molecule has 0 bridgehead atoms. The van der Waals surface area contributed by atoms with Gasteiger partial charge in [-0.25, -0.2) is 0 Å². The maximum atomic E-state index is 13.3. The van der Waals surface area contributed by atoms with Crippen LogP contribution in [0.25, 0.3) is 0 Å². The summed E-state index contributed by atoms with van der Waals surface area (Å²) < 4.78 is 89.1. The number of aliphatic hydroxyl groups is 22. The molecule has 0 saturated carbocycles. The van der Waals surface area contributed by atoms with Gasteiger partial charge in [0.25, 0.3) is 0 Å². The minimum atomic E-state index is -2.42. The lowest BCUT2D eigenvalue weighted by molar-refractivity contribution is -0.394. The van der Waals surface area contributed by atoms with E-state index < -0.39 is 297 Å². The van der Waals surface area contributed by atoms with E-state index in [-0.39, 0.29) is 0 Å². The van der Waals surface area contributed by atoms with Crippen molar-refractivity contribution in [3.8, 4) is 0 Å². The fraction of sp³-hybridized carbons (Fsp3) is 0.962. The molecule has 0 spiro atoms. The van der Waals surface area contributed by atoms with Crippen molar-refractivity contribution in [1.29, 1.82) is 0 Å². The maximum Gasteiger partial charge on any atom is 0.217 e. The number of hydrogen-bond donors (Lipinski definition) is 24. The minimum absolute atomic E-state index is 0.913. The molecular weight excluding hydrogens is 1280 g/mol. The van der Waals surface area contributed by atoms with Crippen LogP contribution >= 0.6 is 0 Å². The molecule has 8 rings (SSSR count). The fourth-order valence-electron chi connectivity index (χ4n) is 12.1. The second-order valence-corrected chi connectivity index (χ2v) is 23.9. The van der Waals surface area contributed by atoms with Crippen molar-refractivity contribution in [3.63, 3.8) is 0 Å². The van der Waals surface area contributed by atoms with E-state index in [1.54, 1.807) is 0 Å². The van der Waals surface area contributed by atoms with Crippen LogP contribution in [0.15, 0.2) is 0 Å². The summed E-state index contributed by atoms with van der Waals surface area (Å²) in [7, 11) is 0. The zero-order chi connectivity index (χ0) is 68.5. The van der Waals surface area contributed by atoms with Crippen LogP contribution in [0.5, 0.6) is 0 Å². The van der Waals surface area contributed by atoms with E-state index >= 15 is 0 Å². The van der Waals surface area contributed by atoms with Gasteiger partial charge in [0.15, 0.2) is 50.3 Å². The Kier molecular flexibility index (Phi) is 26.7. The summed E-state index contributed by atoms with van der Waals surface area (Å²) in [6, 6.07) is -3.82. The molecule has 0 unspecified atom stereocenters. The van der Waals surface area contributed by atoms with Crippen LogP contribution < -0.4 is 10.6 Å². The summed E-state index contributed by atoms with van der Waals surface area (Å²) in [5, 5.41) is 244. The molecule has 8 fully saturated rings. The van der Waals surface area contributed by atoms with Crippen LogP contribution in [0.1, 0.15) is 27.7 Å². The molecular formula is C52H88N2O39. The van der Waals surface area contributed by atoms with Gasteiger partial charge in [-0.2, -0.15) is 0 Å². The molecule has 41 heteroatoms. The Morgan fingerprint density at radius 2 is 0.624 bits per heavy atom. The molecule has 0 aromatic carbocycles. The molecule has 0 aromatic heterocycles.